The van der Waals surface area contributed by atoms with Gasteiger partial charge >= 0.3 is 0 Å². The summed E-state index contributed by atoms with van der Waals surface area (Å²) in [7, 11) is 1.75. The molecule has 0 saturated heterocycles. The average molecular weight is 265 g/mol. The van der Waals surface area contributed by atoms with Crippen molar-refractivity contribution in [3.05, 3.63) is 23.0 Å². The number of hydrogen-bond acceptors (Lipinski definition) is 2. The third kappa shape index (κ3) is 3.21. The van der Waals surface area contributed by atoms with Crippen LogP contribution >= 0.6 is 0 Å². The van der Waals surface area contributed by atoms with Gasteiger partial charge in [-0.3, -0.25) is 0 Å². The van der Waals surface area contributed by atoms with Crippen LogP contribution in [0, 0.1) is 12.3 Å². The summed E-state index contributed by atoms with van der Waals surface area (Å²) in [5.74, 6) is 0. The van der Waals surface area contributed by atoms with Gasteiger partial charge < -0.3 is 14.4 Å². The molecule has 19 heavy (non-hydrogen) atoms. The molecule has 1 heterocycles. The molecule has 2 rings (SSSR count). The normalized spacial score (nSPS) is 21.4. The van der Waals surface area contributed by atoms with Crippen molar-refractivity contribution in [1.82, 2.24) is 4.57 Å². The van der Waals surface area contributed by atoms with Crippen molar-refractivity contribution in [2.24, 2.45) is 5.41 Å². The smallest absolute Gasteiger partial charge is 0.0812 e. The first-order valence-corrected chi connectivity index (χ1v) is 7.30. The Morgan fingerprint density at radius 2 is 2.16 bits per heavy atom. The molecule has 3 nitrogen and oxygen atoms in total. The summed E-state index contributed by atoms with van der Waals surface area (Å²) >= 11 is 0. The number of aliphatic hydroxyl groups excluding tert-OH is 1. The number of hydrogen-bond donors (Lipinski definition) is 1. The lowest BCUT2D eigenvalue weighted by molar-refractivity contribution is 0.0978. The van der Waals surface area contributed by atoms with E-state index in [9.17, 15) is 5.11 Å². The topological polar surface area (TPSA) is 34.4 Å². The van der Waals surface area contributed by atoms with Crippen LogP contribution in [-0.4, -0.2) is 23.4 Å². The van der Waals surface area contributed by atoms with E-state index in [2.05, 4.69) is 31.4 Å². The number of aryl methyl sites for hydroxylation is 1. The van der Waals surface area contributed by atoms with Gasteiger partial charge in [-0.25, -0.2) is 0 Å². The lowest BCUT2D eigenvalue weighted by Crippen LogP contribution is -2.27. The van der Waals surface area contributed by atoms with Crippen LogP contribution in [0.1, 0.15) is 56.2 Å². The summed E-state index contributed by atoms with van der Waals surface area (Å²) in [6, 6.07) is 2.17. The van der Waals surface area contributed by atoms with E-state index < -0.39 is 0 Å². The van der Waals surface area contributed by atoms with Crippen molar-refractivity contribution in [1.29, 1.82) is 0 Å². The molecule has 3 heteroatoms. The third-order valence-corrected chi connectivity index (χ3v) is 4.18. The molecule has 0 aromatic carbocycles. The van der Waals surface area contributed by atoms with E-state index in [1.54, 1.807) is 7.11 Å². The van der Waals surface area contributed by atoms with Crippen LogP contribution < -0.4 is 0 Å². The van der Waals surface area contributed by atoms with Crippen molar-refractivity contribution >= 4 is 0 Å². The highest BCUT2D eigenvalue weighted by atomic mass is 16.5. The molecule has 0 bridgehead atoms. The number of nitrogens with zero attached hydrogens (tertiary/aromatic N) is 1. The van der Waals surface area contributed by atoms with Crippen molar-refractivity contribution in [2.75, 3.05) is 13.7 Å². The van der Waals surface area contributed by atoms with Gasteiger partial charge in [0.2, 0.25) is 0 Å². The maximum Gasteiger partial charge on any atom is 0.0812 e. The lowest BCUT2D eigenvalue weighted by Gasteiger charge is -2.34. The molecule has 0 radical (unpaired) electrons. The Bertz CT molecular complexity index is 434. The van der Waals surface area contributed by atoms with Crippen molar-refractivity contribution < 1.29 is 9.84 Å². The molecule has 1 aliphatic carbocycles. The van der Waals surface area contributed by atoms with Crippen LogP contribution in [0.4, 0.5) is 0 Å². The second-order valence-electron chi connectivity index (χ2n) is 6.60. The quantitative estimate of drug-likeness (QED) is 0.829. The van der Waals surface area contributed by atoms with Gasteiger partial charge in [-0.2, -0.15) is 0 Å². The third-order valence-electron chi connectivity index (χ3n) is 4.18. The van der Waals surface area contributed by atoms with Gasteiger partial charge in [0.25, 0.3) is 0 Å². The number of unbranched alkanes of at least 4 members (excludes halogenated alkanes) is 1. The SMILES string of the molecule is COCCCCn1c(C)cc2c1CC(C)(C)CC2O. The van der Waals surface area contributed by atoms with Gasteiger partial charge in [0, 0.05) is 37.2 Å². The molecule has 108 valence electrons. The van der Waals surface area contributed by atoms with Crippen LogP contribution in [0.2, 0.25) is 0 Å². The summed E-state index contributed by atoms with van der Waals surface area (Å²) in [4.78, 5) is 0. The molecule has 0 aliphatic heterocycles. The van der Waals surface area contributed by atoms with Gasteiger partial charge in [0.15, 0.2) is 0 Å². The van der Waals surface area contributed by atoms with Crippen LogP contribution in [0.25, 0.3) is 0 Å². The fourth-order valence-corrected chi connectivity index (χ4v) is 3.23. The van der Waals surface area contributed by atoms with Gasteiger partial charge in [-0.1, -0.05) is 13.8 Å². The molecule has 1 aromatic rings. The van der Waals surface area contributed by atoms with Gasteiger partial charge in [0.1, 0.15) is 0 Å². The molecular formula is C16H27NO2. The molecule has 0 saturated carbocycles. The second-order valence-corrected chi connectivity index (χ2v) is 6.60. The zero-order valence-corrected chi connectivity index (χ0v) is 12.7. The first-order valence-electron chi connectivity index (χ1n) is 7.30. The van der Waals surface area contributed by atoms with Gasteiger partial charge in [-0.05, 0) is 44.1 Å². The lowest BCUT2D eigenvalue weighted by atomic mass is 9.75. The summed E-state index contributed by atoms with van der Waals surface area (Å²) in [5, 5.41) is 10.3. The molecule has 0 spiro atoms. The maximum absolute atomic E-state index is 10.3. The number of aromatic nitrogens is 1. The van der Waals surface area contributed by atoms with Gasteiger partial charge in [0.05, 0.1) is 6.10 Å². The Morgan fingerprint density at radius 3 is 2.84 bits per heavy atom. The van der Waals surface area contributed by atoms with Crippen LogP contribution in [0.5, 0.6) is 0 Å². The zero-order chi connectivity index (χ0) is 14.0. The van der Waals surface area contributed by atoms with Crippen LogP contribution in [0.15, 0.2) is 6.07 Å². The van der Waals surface area contributed by atoms with E-state index in [0.29, 0.717) is 0 Å². The van der Waals surface area contributed by atoms with Crippen LogP contribution in [0.3, 0.4) is 0 Å². The second kappa shape index (κ2) is 5.68. The molecule has 0 amide bonds. The molecule has 1 aromatic heterocycles. The Balaban J connectivity index is 2.16. The Hall–Kier alpha value is -0.800. The minimum absolute atomic E-state index is 0.196. The number of ether oxygens (including phenoxy) is 1. The Morgan fingerprint density at radius 1 is 1.42 bits per heavy atom. The van der Waals surface area contributed by atoms with Gasteiger partial charge in [-0.15, -0.1) is 0 Å². The standard InChI is InChI=1S/C16H27NO2/c1-12-9-13-14(10-16(2,3)11-15(13)18)17(12)7-5-6-8-19-4/h9,15,18H,5-8,10-11H2,1-4H3. The van der Waals surface area contributed by atoms with Crippen molar-refractivity contribution in [3.63, 3.8) is 0 Å². The first kappa shape index (κ1) is 14.6. The predicted octanol–water partition coefficient (Wildman–Crippen LogP) is 3.23. The number of fused-ring (bicyclic) bond motifs is 1. The minimum atomic E-state index is -0.294. The van der Waals surface area contributed by atoms with E-state index in [0.717, 1.165) is 44.4 Å². The molecular weight excluding hydrogens is 238 g/mol. The van der Waals surface area contributed by atoms with Crippen molar-refractivity contribution in [2.45, 2.75) is 59.1 Å². The Labute approximate surface area is 116 Å². The zero-order valence-electron chi connectivity index (χ0n) is 12.7. The number of aliphatic hydroxyl groups is 1. The van der Waals surface area contributed by atoms with Crippen molar-refractivity contribution in [3.8, 4) is 0 Å². The molecule has 1 unspecified atom stereocenters. The largest absolute Gasteiger partial charge is 0.388 e. The summed E-state index contributed by atoms with van der Waals surface area (Å²) in [5.41, 5.74) is 3.97. The Kier molecular flexibility index (Phi) is 4.36. The van der Waals surface area contributed by atoms with E-state index in [1.807, 2.05) is 0 Å². The maximum atomic E-state index is 10.3. The summed E-state index contributed by atoms with van der Waals surface area (Å²) in [6.07, 6.45) is 3.86. The molecule has 0 fully saturated rings. The minimum Gasteiger partial charge on any atom is -0.388 e. The summed E-state index contributed by atoms with van der Waals surface area (Å²) in [6.45, 7) is 8.51. The predicted molar refractivity (Wildman–Crippen MR) is 77.3 cm³/mol. The number of methoxy groups -OCH3 is 1. The van der Waals surface area contributed by atoms with E-state index in [-0.39, 0.29) is 11.5 Å². The van der Waals surface area contributed by atoms with E-state index >= 15 is 0 Å². The highest BCUT2D eigenvalue weighted by Gasteiger charge is 2.33. The average Bonchev–Trinajstić information content (AvgIpc) is 2.61. The summed E-state index contributed by atoms with van der Waals surface area (Å²) < 4.78 is 7.50. The molecule has 1 N–H and O–H groups in total. The van der Waals surface area contributed by atoms with E-state index in [4.69, 9.17) is 4.74 Å². The highest BCUT2D eigenvalue weighted by molar-refractivity contribution is 5.33. The first-order chi connectivity index (χ1) is 8.94. The monoisotopic (exact) mass is 265 g/mol. The molecule has 1 aliphatic rings. The fourth-order valence-electron chi connectivity index (χ4n) is 3.23. The van der Waals surface area contributed by atoms with E-state index in [1.165, 1.54) is 11.4 Å². The van der Waals surface area contributed by atoms with Crippen LogP contribution in [-0.2, 0) is 17.7 Å². The highest BCUT2D eigenvalue weighted by Crippen LogP contribution is 2.41. The molecule has 1 atom stereocenters. The number of rotatable bonds is 5. The fraction of sp³-hybridized carbons (Fsp3) is 0.750.